The summed E-state index contributed by atoms with van der Waals surface area (Å²) in [6.07, 6.45) is 4.03. The summed E-state index contributed by atoms with van der Waals surface area (Å²) in [4.78, 5) is 11.0. The molecule has 0 atom stereocenters. The van der Waals surface area contributed by atoms with Gasteiger partial charge in [-0.15, -0.1) is 24.0 Å². The SMILES string of the molecule is CCCCN(C)CCNC(=NCc1ncnn1C)NCC.I. The first-order valence-electron chi connectivity index (χ1n) is 7.71. The third-order valence-corrected chi connectivity index (χ3v) is 3.21. The van der Waals surface area contributed by atoms with Crippen molar-refractivity contribution in [2.24, 2.45) is 12.0 Å². The van der Waals surface area contributed by atoms with Crippen LogP contribution in [-0.4, -0.2) is 58.9 Å². The minimum Gasteiger partial charge on any atom is -0.357 e. The largest absolute Gasteiger partial charge is 0.357 e. The van der Waals surface area contributed by atoms with Crippen LogP contribution in [0.25, 0.3) is 0 Å². The molecule has 0 spiro atoms. The maximum atomic E-state index is 4.53. The van der Waals surface area contributed by atoms with E-state index in [0.717, 1.165) is 38.0 Å². The van der Waals surface area contributed by atoms with Gasteiger partial charge in [-0.25, -0.2) is 9.98 Å². The number of likely N-dealkylation sites (N-methyl/N-ethyl adjacent to an activating group) is 1. The molecule has 0 saturated carbocycles. The van der Waals surface area contributed by atoms with E-state index in [4.69, 9.17) is 0 Å². The van der Waals surface area contributed by atoms with Crippen LogP contribution < -0.4 is 10.6 Å². The van der Waals surface area contributed by atoms with Crippen molar-refractivity contribution in [2.45, 2.75) is 33.2 Å². The standard InChI is InChI=1S/C14H29N7.HI/c1-5-7-9-20(3)10-8-16-14(15-6-2)17-11-13-18-12-19-21(13)4;/h12H,5-11H2,1-4H3,(H2,15,16,17);1H. The van der Waals surface area contributed by atoms with Gasteiger partial charge in [-0.1, -0.05) is 13.3 Å². The van der Waals surface area contributed by atoms with Gasteiger partial charge < -0.3 is 15.5 Å². The highest BCUT2D eigenvalue weighted by molar-refractivity contribution is 14.0. The summed E-state index contributed by atoms with van der Waals surface area (Å²) >= 11 is 0. The molecule has 0 radical (unpaired) electrons. The van der Waals surface area contributed by atoms with Crippen molar-refractivity contribution in [1.82, 2.24) is 30.3 Å². The fourth-order valence-electron chi connectivity index (χ4n) is 1.86. The molecule has 7 nitrogen and oxygen atoms in total. The summed E-state index contributed by atoms with van der Waals surface area (Å²) in [6, 6.07) is 0. The molecule has 0 bridgehead atoms. The number of hydrogen-bond donors (Lipinski definition) is 2. The second-order valence-corrected chi connectivity index (χ2v) is 5.08. The fraction of sp³-hybridized carbons (Fsp3) is 0.786. The number of rotatable bonds is 9. The van der Waals surface area contributed by atoms with Crippen LogP contribution in [0, 0.1) is 0 Å². The molecule has 2 N–H and O–H groups in total. The summed E-state index contributed by atoms with van der Waals surface area (Å²) in [5.41, 5.74) is 0. The Labute approximate surface area is 151 Å². The first kappa shape index (κ1) is 21.1. The van der Waals surface area contributed by atoms with Crippen molar-refractivity contribution >= 4 is 29.9 Å². The monoisotopic (exact) mass is 423 g/mol. The molecule has 1 heterocycles. The molecule has 0 fully saturated rings. The molecular formula is C14H30IN7. The predicted octanol–water partition coefficient (Wildman–Crippen LogP) is 1.22. The molecule has 1 rings (SSSR count). The van der Waals surface area contributed by atoms with Gasteiger partial charge in [-0.3, -0.25) is 4.68 Å². The molecule has 0 aromatic carbocycles. The van der Waals surface area contributed by atoms with E-state index in [1.165, 1.54) is 12.8 Å². The molecule has 0 amide bonds. The van der Waals surface area contributed by atoms with E-state index in [9.17, 15) is 0 Å². The highest BCUT2D eigenvalue weighted by atomic mass is 127. The molecular weight excluding hydrogens is 393 g/mol. The second-order valence-electron chi connectivity index (χ2n) is 5.08. The van der Waals surface area contributed by atoms with E-state index in [1.54, 1.807) is 11.0 Å². The smallest absolute Gasteiger partial charge is 0.191 e. The van der Waals surface area contributed by atoms with E-state index >= 15 is 0 Å². The Bertz CT molecular complexity index is 419. The lowest BCUT2D eigenvalue weighted by molar-refractivity contribution is 0.332. The fourth-order valence-corrected chi connectivity index (χ4v) is 1.86. The minimum atomic E-state index is 0. The van der Waals surface area contributed by atoms with Crippen molar-refractivity contribution in [3.05, 3.63) is 12.2 Å². The molecule has 8 heteroatoms. The number of aliphatic imine (C=N–C) groups is 1. The number of nitrogens with zero attached hydrogens (tertiary/aromatic N) is 5. The number of unbranched alkanes of at least 4 members (excludes halogenated alkanes) is 1. The van der Waals surface area contributed by atoms with Gasteiger partial charge in [0.25, 0.3) is 0 Å². The number of guanidine groups is 1. The number of halogens is 1. The Kier molecular flexibility index (Phi) is 12.1. The van der Waals surface area contributed by atoms with Gasteiger partial charge in [0.2, 0.25) is 0 Å². The first-order valence-corrected chi connectivity index (χ1v) is 7.71. The number of aromatic nitrogens is 3. The zero-order valence-corrected chi connectivity index (χ0v) is 16.5. The van der Waals surface area contributed by atoms with Crippen LogP contribution in [-0.2, 0) is 13.6 Å². The van der Waals surface area contributed by atoms with Crippen molar-refractivity contribution < 1.29 is 0 Å². The molecule has 0 aliphatic heterocycles. The topological polar surface area (TPSA) is 70.4 Å². The van der Waals surface area contributed by atoms with E-state index in [0.29, 0.717) is 6.54 Å². The lowest BCUT2D eigenvalue weighted by Crippen LogP contribution is -2.41. The van der Waals surface area contributed by atoms with Crippen molar-refractivity contribution in [1.29, 1.82) is 0 Å². The predicted molar refractivity (Wildman–Crippen MR) is 102 cm³/mol. The molecule has 128 valence electrons. The van der Waals surface area contributed by atoms with E-state index < -0.39 is 0 Å². The number of aryl methyl sites for hydroxylation is 1. The summed E-state index contributed by atoms with van der Waals surface area (Å²) in [5, 5.41) is 10.6. The third kappa shape index (κ3) is 8.52. The highest BCUT2D eigenvalue weighted by Crippen LogP contribution is 1.93. The van der Waals surface area contributed by atoms with Crippen LogP contribution in [0.4, 0.5) is 0 Å². The molecule has 0 aliphatic rings. The average molecular weight is 423 g/mol. The molecule has 0 unspecified atom stereocenters. The van der Waals surface area contributed by atoms with Crippen molar-refractivity contribution in [2.75, 3.05) is 33.2 Å². The Hall–Kier alpha value is -0.900. The van der Waals surface area contributed by atoms with Crippen molar-refractivity contribution in [3.63, 3.8) is 0 Å². The summed E-state index contributed by atoms with van der Waals surface area (Å²) < 4.78 is 1.74. The van der Waals surface area contributed by atoms with Crippen LogP contribution >= 0.6 is 24.0 Å². The molecule has 0 aliphatic carbocycles. The lowest BCUT2D eigenvalue weighted by Gasteiger charge is -2.17. The van der Waals surface area contributed by atoms with Gasteiger partial charge in [-0.2, -0.15) is 5.10 Å². The molecule has 1 aromatic rings. The minimum absolute atomic E-state index is 0. The third-order valence-electron chi connectivity index (χ3n) is 3.21. The quantitative estimate of drug-likeness (QED) is 0.355. The van der Waals surface area contributed by atoms with Gasteiger partial charge in [0, 0.05) is 26.7 Å². The summed E-state index contributed by atoms with van der Waals surface area (Å²) in [7, 11) is 4.03. The van der Waals surface area contributed by atoms with Gasteiger partial charge in [0.05, 0.1) is 0 Å². The van der Waals surface area contributed by atoms with Gasteiger partial charge in [-0.05, 0) is 26.9 Å². The van der Waals surface area contributed by atoms with Crippen LogP contribution in [0.1, 0.15) is 32.5 Å². The van der Waals surface area contributed by atoms with Gasteiger partial charge >= 0.3 is 0 Å². The molecule has 0 saturated heterocycles. The number of hydrogen-bond acceptors (Lipinski definition) is 4. The van der Waals surface area contributed by atoms with E-state index in [2.05, 4.69) is 51.5 Å². The molecule has 1 aromatic heterocycles. The maximum Gasteiger partial charge on any atom is 0.191 e. The maximum absolute atomic E-state index is 4.53. The Morgan fingerprint density at radius 2 is 2.09 bits per heavy atom. The average Bonchev–Trinajstić information content (AvgIpc) is 2.88. The zero-order valence-electron chi connectivity index (χ0n) is 14.2. The summed E-state index contributed by atoms with van der Waals surface area (Å²) in [6.45, 7) is 8.68. The van der Waals surface area contributed by atoms with E-state index in [-0.39, 0.29) is 24.0 Å². The van der Waals surface area contributed by atoms with Crippen LogP contribution in [0.5, 0.6) is 0 Å². The zero-order chi connectivity index (χ0) is 15.5. The highest BCUT2D eigenvalue weighted by Gasteiger charge is 2.02. The van der Waals surface area contributed by atoms with Gasteiger partial charge in [0.1, 0.15) is 18.7 Å². The van der Waals surface area contributed by atoms with Crippen LogP contribution in [0.15, 0.2) is 11.3 Å². The lowest BCUT2D eigenvalue weighted by atomic mass is 10.3. The first-order chi connectivity index (χ1) is 10.2. The van der Waals surface area contributed by atoms with Gasteiger partial charge in [0.15, 0.2) is 5.96 Å². The van der Waals surface area contributed by atoms with Crippen LogP contribution in [0.3, 0.4) is 0 Å². The second kappa shape index (κ2) is 12.6. The van der Waals surface area contributed by atoms with Crippen molar-refractivity contribution in [3.8, 4) is 0 Å². The Morgan fingerprint density at radius 1 is 1.32 bits per heavy atom. The Morgan fingerprint density at radius 3 is 2.68 bits per heavy atom. The number of nitrogens with one attached hydrogen (secondary N) is 2. The van der Waals surface area contributed by atoms with E-state index in [1.807, 2.05) is 7.05 Å². The summed E-state index contributed by atoms with van der Waals surface area (Å²) in [5.74, 6) is 1.68. The van der Waals surface area contributed by atoms with Crippen LogP contribution in [0.2, 0.25) is 0 Å². The molecule has 22 heavy (non-hydrogen) atoms. The Balaban J connectivity index is 0.00000441. The normalized spacial score (nSPS) is 11.4.